The van der Waals surface area contributed by atoms with Crippen molar-refractivity contribution in [1.82, 2.24) is 19.5 Å². The third-order valence-electron chi connectivity index (χ3n) is 9.56. The highest BCUT2D eigenvalue weighted by molar-refractivity contribution is 6.74. The number of nitrogens with one attached hydrogen (secondary N) is 1. The molecule has 10 heteroatoms. The molecule has 1 aliphatic rings. The lowest BCUT2D eigenvalue weighted by Crippen LogP contribution is -2.49. The largest absolute Gasteiger partial charge is 0.407 e. The van der Waals surface area contributed by atoms with Gasteiger partial charge in [0, 0.05) is 0 Å². The fourth-order valence-electron chi connectivity index (χ4n) is 6.10. The molecule has 0 aliphatic carbocycles. The highest BCUT2D eigenvalue weighted by Gasteiger charge is 2.52. The number of hydrogen-bond acceptors (Lipinski definition) is 8. The van der Waals surface area contributed by atoms with Crippen LogP contribution in [-0.4, -0.2) is 59.0 Å². The molecular formula is C38H43N5O4Si. The lowest BCUT2D eigenvalue weighted by Gasteiger charge is -2.40. The number of aromatic nitrogens is 4. The molecule has 1 fully saturated rings. The number of fused-ring (bicyclic) bond motifs is 1. The monoisotopic (exact) mass is 661 g/mol. The Morgan fingerprint density at radius 2 is 1.44 bits per heavy atom. The van der Waals surface area contributed by atoms with E-state index >= 15 is 0 Å². The number of carbonyl (C=O) groups excluding carboxylic acids is 1. The molecule has 0 unspecified atom stereocenters. The molecule has 0 spiro atoms. The number of carbonyl (C=O) groups is 1. The van der Waals surface area contributed by atoms with Crippen LogP contribution in [0, 0.1) is 0 Å². The van der Waals surface area contributed by atoms with Gasteiger partial charge in [0.2, 0.25) is 0 Å². The Kier molecular flexibility index (Phi) is 9.44. The number of ether oxygens (including phenoxy) is 2. The summed E-state index contributed by atoms with van der Waals surface area (Å²) in [5.74, 6) is 0.543. The minimum absolute atomic E-state index is 0.0916. The van der Waals surface area contributed by atoms with Crippen molar-refractivity contribution in [3.05, 3.63) is 133 Å². The fourth-order valence-corrected chi connectivity index (χ4v) is 7.38. The fraction of sp³-hybridized carbons (Fsp3) is 0.316. The summed E-state index contributed by atoms with van der Waals surface area (Å²) in [6.45, 7) is 14.9. The van der Waals surface area contributed by atoms with Crippen molar-refractivity contribution >= 4 is 31.6 Å². The summed E-state index contributed by atoms with van der Waals surface area (Å²) in [6, 6.07) is 30.9. The highest BCUT2D eigenvalue weighted by Crippen LogP contribution is 2.44. The summed E-state index contributed by atoms with van der Waals surface area (Å²) >= 11 is 0. The zero-order valence-corrected chi connectivity index (χ0v) is 29.1. The van der Waals surface area contributed by atoms with Crippen LogP contribution in [0.15, 0.2) is 116 Å². The van der Waals surface area contributed by atoms with E-state index in [1.54, 1.807) is 12.4 Å². The number of hydrogen-bond donors (Lipinski definition) is 1. The average Bonchev–Trinajstić information content (AvgIpc) is 3.68. The lowest BCUT2D eigenvalue weighted by atomic mass is 9.77. The number of nitrogens with zero attached hydrogens (tertiary/aromatic N) is 4. The van der Waals surface area contributed by atoms with Crippen LogP contribution in [-0.2, 0) is 24.2 Å². The van der Waals surface area contributed by atoms with Crippen LogP contribution >= 0.6 is 0 Å². The Morgan fingerprint density at radius 1 is 0.875 bits per heavy atom. The van der Waals surface area contributed by atoms with Crippen molar-refractivity contribution in [2.45, 2.75) is 69.0 Å². The van der Waals surface area contributed by atoms with Gasteiger partial charge in [0.05, 0.1) is 12.9 Å². The number of rotatable bonds is 12. The van der Waals surface area contributed by atoms with Crippen LogP contribution in [0.4, 0.5) is 5.82 Å². The molecule has 0 bridgehead atoms. The number of anilines is 1. The summed E-state index contributed by atoms with van der Waals surface area (Å²) < 4.78 is 21.4. The van der Waals surface area contributed by atoms with Crippen LogP contribution in [0.1, 0.15) is 43.7 Å². The molecule has 0 radical (unpaired) electrons. The third-order valence-corrected chi connectivity index (χ3v) is 14.0. The summed E-state index contributed by atoms with van der Waals surface area (Å²) in [5, 5.41) is 3.74. The average molecular weight is 662 g/mol. The van der Waals surface area contributed by atoms with Gasteiger partial charge >= 0.3 is 0 Å². The summed E-state index contributed by atoms with van der Waals surface area (Å²) in [7, 11) is -2.35. The maximum Gasteiger partial charge on any atom is 0.192 e. The van der Waals surface area contributed by atoms with Crippen molar-refractivity contribution in [2.75, 3.05) is 11.9 Å². The number of benzene rings is 3. The van der Waals surface area contributed by atoms with E-state index in [1.807, 2.05) is 59.2 Å². The second-order valence-electron chi connectivity index (χ2n) is 13.6. The van der Waals surface area contributed by atoms with Crippen LogP contribution in [0.25, 0.3) is 11.2 Å². The number of aldehydes is 1. The van der Waals surface area contributed by atoms with Gasteiger partial charge in [-0.1, -0.05) is 118 Å². The topological polar surface area (TPSA) is 100 Å². The minimum atomic E-state index is -2.35. The van der Waals surface area contributed by atoms with Crippen molar-refractivity contribution in [2.24, 2.45) is 0 Å². The second-order valence-corrected chi connectivity index (χ2v) is 18.3. The Morgan fingerprint density at radius 3 is 1.94 bits per heavy atom. The molecule has 5 aromatic rings. The van der Waals surface area contributed by atoms with Gasteiger partial charge in [0.1, 0.15) is 30.2 Å². The zero-order valence-electron chi connectivity index (χ0n) is 28.1. The Balaban J connectivity index is 1.49. The first-order valence-electron chi connectivity index (χ1n) is 16.2. The minimum Gasteiger partial charge on any atom is -0.407 e. The van der Waals surface area contributed by atoms with Gasteiger partial charge in [0.15, 0.2) is 37.8 Å². The van der Waals surface area contributed by atoms with Crippen molar-refractivity contribution in [3.63, 3.8) is 0 Å². The quantitative estimate of drug-likeness (QED) is 0.0644. The SMILES string of the molecule is C=CCO[C@H]1[C@@H](O[Si](C)(C)C(C)(C)C)[C@H](n2cnc3c(NC(c4ccccc4)(c4ccccc4)c4ccccc4)ncnc32)O[C@@H]1C=O. The van der Waals surface area contributed by atoms with Gasteiger partial charge in [-0.3, -0.25) is 4.57 Å². The van der Waals surface area contributed by atoms with Crippen molar-refractivity contribution in [1.29, 1.82) is 0 Å². The molecule has 1 aliphatic heterocycles. The van der Waals surface area contributed by atoms with Crippen molar-refractivity contribution in [3.8, 4) is 0 Å². The first kappa shape index (κ1) is 33.4. The molecule has 9 nitrogen and oxygen atoms in total. The van der Waals surface area contributed by atoms with E-state index in [2.05, 4.69) is 82.2 Å². The molecular weight excluding hydrogens is 619 g/mol. The highest BCUT2D eigenvalue weighted by atomic mass is 28.4. The van der Waals surface area contributed by atoms with E-state index in [4.69, 9.17) is 28.9 Å². The zero-order chi connectivity index (χ0) is 33.9. The predicted octanol–water partition coefficient (Wildman–Crippen LogP) is 7.29. The van der Waals surface area contributed by atoms with E-state index in [0.29, 0.717) is 17.0 Å². The summed E-state index contributed by atoms with van der Waals surface area (Å²) in [4.78, 5) is 26.6. The summed E-state index contributed by atoms with van der Waals surface area (Å²) in [5.41, 5.74) is 3.37. The smallest absolute Gasteiger partial charge is 0.192 e. The predicted molar refractivity (Wildman–Crippen MR) is 190 cm³/mol. The molecule has 1 N–H and O–H groups in total. The Bertz CT molecular complexity index is 1750. The lowest BCUT2D eigenvalue weighted by molar-refractivity contribution is -0.124. The standard InChI is InChI=1S/C38H43N5O4Si/c1-7-23-45-32-30(24-44)46-36(33(32)47-48(5,6)37(2,3)4)43-26-41-31-34(39-25-40-35(31)43)42-38(27-17-11-8-12-18-27,28-19-13-9-14-20-28)29-21-15-10-16-22-29/h7-22,24-26,30,32-33,36H,1,23H2,2-6H3,(H,39,40,42)/t30-,32-,33-,36-/m1/s1. The molecule has 248 valence electrons. The maximum atomic E-state index is 12.3. The Labute approximate surface area is 283 Å². The van der Waals surface area contributed by atoms with E-state index < -0.39 is 38.4 Å². The van der Waals surface area contributed by atoms with E-state index in [0.717, 1.165) is 23.0 Å². The molecule has 0 amide bonds. The molecule has 1 saturated heterocycles. The van der Waals surface area contributed by atoms with Gasteiger partial charge in [-0.2, -0.15) is 0 Å². The van der Waals surface area contributed by atoms with Gasteiger partial charge in [0.25, 0.3) is 0 Å². The maximum absolute atomic E-state index is 12.3. The second kappa shape index (κ2) is 13.6. The van der Waals surface area contributed by atoms with Crippen LogP contribution in [0.5, 0.6) is 0 Å². The van der Waals surface area contributed by atoms with Crippen molar-refractivity contribution < 1.29 is 18.7 Å². The van der Waals surface area contributed by atoms with E-state index in [-0.39, 0.29) is 11.6 Å². The normalized spacial score (nSPS) is 20.1. The molecule has 48 heavy (non-hydrogen) atoms. The van der Waals surface area contributed by atoms with Crippen LogP contribution in [0.3, 0.4) is 0 Å². The van der Waals surface area contributed by atoms with E-state index in [9.17, 15) is 4.79 Å². The molecule has 3 heterocycles. The molecule has 2 aromatic heterocycles. The van der Waals surface area contributed by atoms with Crippen LogP contribution in [0.2, 0.25) is 18.1 Å². The van der Waals surface area contributed by atoms with Gasteiger partial charge in [-0.05, 0) is 34.8 Å². The van der Waals surface area contributed by atoms with E-state index in [1.165, 1.54) is 6.33 Å². The first-order chi connectivity index (χ1) is 23.1. The van der Waals surface area contributed by atoms with Crippen LogP contribution < -0.4 is 5.32 Å². The first-order valence-corrected chi connectivity index (χ1v) is 19.1. The summed E-state index contributed by atoms with van der Waals surface area (Å²) in [6.07, 6.45) is 2.85. The number of imidazole rings is 1. The van der Waals surface area contributed by atoms with Gasteiger partial charge in [-0.25, -0.2) is 15.0 Å². The van der Waals surface area contributed by atoms with Gasteiger partial charge < -0.3 is 24.0 Å². The molecule has 4 atom stereocenters. The van der Waals surface area contributed by atoms with Gasteiger partial charge in [-0.15, -0.1) is 6.58 Å². The molecule has 3 aromatic carbocycles. The molecule has 0 saturated carbocycles. The third kappa shape index (κ3) is 6.12. The molecule has 6 rings (SSSR count). The Hall–Kier alpha value is -4.48.